The quantitative estimate of drug-likeness (QED) is 0.847. The molecule has 0 unspecified atom stereocenters. The Kier molecular flexibility index (Phi) is 2.92. The molecule has 0 atom stereocenters. The van der Waals surface area contributed by atoms with Crippen molar-refractivity contribution in [2.45, 2.75) is 32.5 Å². The van der Waals surface area contributed by atoms with Gasteiger partial charge in [-0.15, -0.1) is 0 Å². The predicted octanol–water partition coefficient (Wildman–Crippen LogP) is 2.03. The second-order valence-electron chi connectivity index (χ2n) is 4.17. The Morgan fingerprint density at radius 1 is 1.44 bits per heavy atom. The van der Waals surface area contributed by atoms with Gasteiger partial charge in [0, 0.05) is 37.3 Å². The van der Waals surface area contributed by atoms with Crippen LogP contribution < -0.4 is 0 Å². The van der Waals surface area contributed by atoms with Crippen molar-refractivity contribution >= 4 is 0 Å². The molecule has 2 heterocycles. The molecule has 2 rings (SSSR count). The number of halogens is 3. The molecule has 1 aromatic rings. The highest BCUT2D eigenvalue weighted by atomic mass is 19.4. The van der Waals surface area contributed by atoms with E-state index in [1.807, 2.05) is 11.8 Å². The summed E-state index contributed by atoms with van der Waals surface area (Å²) in [4.78, 5) is 1.83. The van der Waals surface area contributed by atoms with Gasteiger partial charge in [0.05, 0.1) is 12.1 Å². The van der Waals surface area contributed by atoms with E-state index in [1.54, 1.807) is 0 Å². The van der Waals surface area contributed by atoms with Crippen LogP contribution in [0.3, 0.4) is 0 Å². The summed E-state index contributed by atoms with van der Waals surface area (Å²) in [6.45, 7) is 3.22. The molecule has 0 radical (unpaired) electrons. The van der Waals surface area contributed by atoms with Crippen LogP contribution >= 0.6 is 0 Å². The van der Waals surface area contributed by atoms with Crippen molar-refractivity contribution in [3.05, 3.63) is 17.0 Å². The van der Waals surface area contributed by atoms with Crippen LogP contribution in [-0.4, -0.2) is 34.4 Å². The van der Waals surface area contributed by atoms with E-state index in [-0.39, 0.29) is 6.54 Å². The van der Waals surface area contributed by atoms with Gasteiger partial charge in [-0.05, 0) is 6.92 Å². The minimum Gasteiger partial charge on any atom is -0.298 e. The molecule has 1 aliphatic heterocycles. The van der Waals surface area contributed by atoms with Crippen molar-refractivity contribution in [1.82, 2.24) is 15.1 Å². The van der Waals surface area contributed by atoms with E-state index in [0.29, 0.717) is 13.1 Å². The zero-order valence-electron chi connectivity index (χ0n) is 9.06. The number of H-pyrrole nitrogens is 1. The van der Waals surface area contributed by atoms with Crippen LogP contribution in [-0.2, 0) is 13.0 Å². The number of nitrogens with zero attached hydrogens (tertiary/aromatic N) is 2. The van der Waals surface area contributed by atoms with Gasteiger partial charge in [-0.25, -0.2) is 0 Å². The molecule has 0 saturated carbocycles. The number of rotatable bonds is 2. The third-order valence-electron chi connectivity index (χ3n) is 2.92. The van der Waals surface area contributed by atoms with Crippen molar-refractivity contribution in [2.24, 2.45) is 0 Å². The summed E-state index contributed by atoms with van der Waals surface area (Å²) in [7, 11) is 0. The number of hydrogen-bond donors (Lipinski definition) is 1. The Labute approximate surface area is 91.6 Å². The van der Waals surface area contributed by atoms with E-state index in [9.17, 15) is 13.2 Å². The highest BCUT2D eigenvalue weighted by Crippen LogP contribution is 2.23. The van der Waals surface area contributed by atoms with Crippen LogP contribution in [0.4, 0.5) is 13.2 Å². The molecule has 1 N–H and O–H groups in total. The highest BCUT2D eigenvalue weighted by molar-refractivity contribution is 5.26. The first-order valence-electron chi connectivity index (χ1n) is 5.27. The number of alkyl halides is 3. The second kappa shape index (κ2) is 4.08. The normalized spacial score (nSPS) is 17.5. The summed E-state index contributed by atoms with van der Waals surface area (Å²) in [5.74, 6) is 0. The molecule has 0 amide bonds. The fraction of sp³-hybridized carbons (Fsp3) is 0.700. The van der Waals surface area contributed by atoms with E-state index in [1.165, 1.54) is 0 Å². The van der Waals surface area contributed by atoms with Crippen LogP contribution in [0.15, 0.2) is 0 Å². The maximum absolute atomic E-state index is 12.1. The van der Waals surface area contributed by atoms with Crippen molar-refractivity contribution in [3.8, 4) is 0 Å². The smallest absolute Gasteiger partial charge is 0.298 e. The number of nitrogens with one attached hydrogen (secondary N) is 1. The van der Waals surface area contributed by atoms with Gasteiger partial charge in [-0.1, -0.05) is 0 Å². The SMILES string of the molecule is Cc1[nH]nc2c1CN(CCC(F)(F)F)CC2. The lowest BCUT2D eigenvalue weighted by Gasteiger charge is -2.26. The molecule has 0 fully saturated rings. The van der Waals surface area contributed by atoms with E-state index in [2.05, 4.69) is 10.2 Å². The predicted molar refractivity (Wildman–Crippen MR) is 53.0 cm³/mol. The molecule has 0 aromatic carbocycles. The number of hydrogen-bond acceptors (Lipinski definition) is 2. The summed E-state index contributed by atoms with van der Waals surface area (Å²) in [5, 5.41) is 7.00. The lowest BCUT2D eigenvalue weighted by Crippen LogP contribution is -2.33. The van der Waals surface area contributed by atoms with E-state index in [4.69, 9.17) is 0 Å². The molecule has 16 heavy (non-hydrogen) atoms. The molecule has 0 aliphatic carbocycles. The first kappa shape index (κ1) is 11.4. The fourth-order valence-corrected chi connectivity index (χ4v) is 1.96. The van der Waals surface area contributed by atoms with Crippen LogP contribution in [0, 0.1) is 6.92 Å². The van der Waals surface area contributed by atoms with Crippen molar-refractivity contribution in [1.29, 1.82) is 0 Å². The molecule has 0 saturated heterocycles. The lowest BCUT2D eigenvalue weighted by molar-refractivity contribution is -0.138. The van der Waals surface area contributed by atoms with Gasteiger partial charge in [0.25, 0.3) is 0 Å². The molecule has 3 nitrogen and oxygen atoms in total. The average molecular weight is 233 g/mol. The Morgan fingerprint density at radius 3 is 2.88 bits per heavy atom. The Morgan fingerprint density at radius 2 is 2.19 bits per heavy atom. The monoisotopic (exact) mass is 233 g/mol. The largest absolute Gasteiger partial charge is 0.390 e. The highest BCUT2D eigenvalue weighted by Gasteiger charge is 2.29. The van der Waals surface area contributed by atoms with Gasteiger partial charge < -0.3 is 0 Å². The van der Waals surface area contributed by atoms with Crippen molar-refractivity contribution < 1.29 is 13.2 Å². The summed E-state index contributed by atoms with van der Waals surface area (Å²) in [6, 6.07) is 0. The van der Waals surface area contributed by atoms with Gasteiger partial charge in [0.2, 0.25) is 0 Å². The Hall–Kier alpha value is -1.04. The zero-order chi connectivity index (χ0) is 11.8. The first-order valence-corrected chi connectivity index (χ1v) is 5.27. The maximum Gasteiger partial charge on any atom is 0.390 e. The Balaban J connectivity index is 1.95. The molecular formula is C10H14F3N3. The van der Waals surface area contributed by atoms with Crippen LogP contribution in [0.25, 0.3) is 0 Å². The minimum atomic E-state index is -4.06. The van der Waals surface area contributed by atoms with Gasteiger partial charge in [-0.2, -0.15) is 18.3 Å². The summed E-state index contributed by atoms with van der Waals surface area (Å²) in [6.07, 6.45) is -4.07. The van der Waals surface area contributed by atoms with Crippen LogP contribution in [0.1, 0.15) is 23.4 Å². The summed E-state index contributed by atoms with van der Waals surface area (Å²) < 4.78 is 36.2. The first-order chi connectivity index (χ1) is 7.46. The lowest BCUT2D eigenvalue weighted by atomic mass is 10.1. The Bertz CT molecular complexity index is 370. The van der Waals surface area contributed by atoms with Crippen LogP contribution in [0.5, 0.6) is 0 Å². The maximum atomic E-state index is 12.1. The number of aromatic amines is 1. The fourth-order valence-electron chi connectivity index (χ4n) is 1.96. The average Bonchev–Trinajstić information content (AvgIpc) is 2.56. The standard InChI is InChI=1S/C10H14F3N3/c1-7-8-6-16(5-3-10(11,12)13)4-2-9(8)15-14-7/h2-6H2,1H3,(H,14,15). The molecule has 0 bridgehead atoms. The van der Waals surface area contributed by atoms with E-state index in [0.717, 1.165) is 23.4 Å². The zero-order valence-corrected chi connectivity index (χ0v) is 9.06. The summed E-state index contributed by atoms with van der Waals surface area (Å²) in [5.41, 5.74) is 3.03. The van der Waals surface area contributed by atoms with Crippen molar-refractivity contribution in [2.75, 3.05) is 13.1 Å². The minimum absolute atomic E-state index is 0.0769. The molecule has 90 valence electrons. The molecule has 1 aliphatic rings. The topological polar surface area (TPSA) is 31.9 Å². The van der Waals surface area contributed by atoms with E-state index < -0.39 is 12.6 Å². The van der Waals surface area contributed by atoms with Crippen molar-refractivity contribution in [3.63, 3.8) is 0 Å². The molecule has 6 heteroatoms. The van der Waals surface area contributed by atoms with Gasteiger partial charge in [0.1, 0.15) is 0 Å². The number of aryl methyl sites for hydroxylation is 1. The number of fused-ring (bicyclic) bond motifs is 1. The van der Waals surface area contributed by atoms with Gasteiger partial charge in [-0.3, -0.25) is 10.00 Å². The van der Waals surface area contributed by atoms with Crippen LogP contribution in [0.2, 0.25) is 0 Å². The summed E-state index contributed by atoms with van der Waals surface area (Å²) >= 11 is 0. The third-order valence-corrected chi connectivity index (χ3v) is 2.92. The second-order valence-corrected chi connectivity index (χ2v) is 4.17. The number of aromatic nitrogens is 2. The third kappa shape index (κ3) is 2.55. The van der Waals surface area contributed by atoms with Gasteiger partial charge >= 0.3 is 6.18 Å². The van der Waals surface area contributed by atoms with Gasteiger partial charge in [0.15, 0.2) is 0 Å². The molecule has 1 aromatic heterocycles. The van der Waals surface area contributed by atoms with E-state index >= 15 is 0 Å². The molecule has 0 spiro atoms. The molecular weight excluding hydrogens is 219 g/mol.